The van der Waals surface area contributed by atoms with Gasteiger partial charge in [-0.15, -0.1) is 0 Å². The first-order valence-corrected chi connectivity index (χ1v) is 7.49. The number of rotatable bonds is 4. The maximum atomic E-state index is 12.6. The number of methoxy groups -OCH3 is 1. The summed E-state index contributed by atoms with van der Waals surface area (Å²) in [6.07, 6.45) is 0.0796. The second-order valence-electron chi connectivity index (χ2n) is 5.62. The van der Waals surface area contributed by atoms with Crippen LogP contribution in [0.5, 0.6) is 0 Å². The number of para-hydroxylation sites is 2. The topological polar surface area (TPSA) is 87.7 Å². The molecule has 0 saturated heterocycles. The van der Waals surface area contributed by atoms with E-state index in [0.29, 0.717) is 11.4 Å². The number of hydrogen-bond donors (Lipinski definition) is 2. The van der Waals surface area contributed by atoms with E-state index in [2.05, 4.69) is 15.4 Å². The van der Waals surface area contributed by atoms with Crippen LogP contribution in [0.25, 0.3) is 0 Å². The normalized spacial score (nSPS) is 16.6. The average Bonchev–Trinajstić information content (AvgIpc) is 2.52. The van der Waals surface area contributed by atoms with Crippen LogP contribution >= 0.6 is 0 Å². The summed E-state index contributed by atoms with van der Waals surface area (Å²) in [6.45, 7) is 3.91. The van der Waals surface area contributed by atoms with Gasteiger partial charge in [0.05, 0.1) is 24.9 Å². The molecule has 1 aliphatic rings. The van der Waals surface area contributed by atoms with Crippen molar-refractivity contribution in [3.63, 3.8) is 0 Å². The quantitative estimate of drug-likeness (QED) is 0.828. The van der Waals surface area contributed by atoms with Gasteiger partial charge in [-0.3, -0.25) is 14.5 Å². The van der Waals surface area contributed by atoms with Crippen LogP contribution < -0.4 is 15.5 Å². The maximum Gasteiger partial charge on any atom is 0.322 e. The van der Waals surface area contributed by atoms with Gasteiger partial charge in [0.2, 0.25) is 5.91 Å². The number of amides is 3. The number of ether oxygens (including phenoxy) is 1. The summed E-state index contributed by atoms with van der Waals surface area (Å²) in [7, 11) is 1.30. The highest BCUT2D eigenvalue weighted by Gasteiger charge is 2.38. The number of urea groups is 1. The Morgan fingerprint density at radius 1 is 1.35 bits per heavy atom. The smallest absolute Gasteiger partial charge is 0.322 e. The molecule has 0 saturated carbocycles. The van der Waals surface area contributed by atoms with Gasteiger partial charge in [-0.05, 0) is 18.1 Å². The van der Waals surface area contributed by atoms with E-state index >= 15 is 0 Å². The molecule has 0 spiro atoms. The third kappa shape index (κ3) is 3.61. The largest absolute Gasteiger partial charge is 0.469 e. The fraction of sp³-hybridized carbons (Fsp3) is 0.438. The van der Waals surface area contributed by atoms with Gasteiger partial charge in [-0.2, -0.15) is 0 Å². The third-order valence-corrected chi connectivity index (χ3v) is 3.65. The van der Waals surface area contributed by atoms with Crippen LogP contribution in [0.1, 0.15) is 20.3 Å². The molecule has 1 aliphatic heterocycles. The van der Waals surface area contributed by atoms with Crippen LogP contribution in [-0.4, -0.2) is 37.6 Å². The molecule has 1 aromatic carbocycles. The molecule has 0 bridgehead atoms. The molecule has 0 fully saturated rings. The number of anilines is 2. The van der Waals surface area contributed by atoms with Crippen molar-refractivity contribution >= 4 is 29.3 Å². The highest BCUT2D eigenvalue weighted by molar-refractivity contribution is 6.11. The molecular formula is C16H21N3O4. The van der Waals surface area contributed by atoms with Gasteiger partial charge in [0.1, 0.15) is 6.04 Å². The lowest BCUT2D eigenvalue weighted by Crippen LogP contribution is -2.56. The SMILES string of the molecule is COC(=O)CCNC(=O)N1c2ccccc2NC(=O)[C@H]1C(C)C. The zero-order valence-corrected chi connectivity index (χ0v) is 13.5. The summed E-state index contributed by atoms with van der Waals surface area (Å²) in [5.41, 5.74) is 1.24. The summed E-state index contributed by atoms with van der Waals surface area (Å²) in [4.78, 5) is 37.5. The third-order valence-electron chi connectivity index (χ3n) is 3.65. The van der Waals surface area contributed by atoms with Crippen LogP contribution in [0.3, 0.4) is 0 Å². The van der Waals surface area contributed by atoms with E-state index in [1.54, 1.807) is 18.2 Å². The van der Waals surface area contributed by atoms with Crippen molar-refractivity contribution in [3.05, 3.63) is 24.3 Å². The molecule has 7 nitrogen and oxygen atoms in total. The van der Waals surface area contributed by atoms with Crippen molar-refractivity contribution in [3.8, 4) is 0 Å². The number of benzene rings is 1. The Hall–Kier alpha value is -2.57. The Morgan fingerprint density at radius 3 is 2.70 bits per heavy atom. The number of carbonyl (C=O) groups excluding carboxylic acids is 3. The molecule has 7 heteroatoms. The molecule has 0 radical (unpaired) electrons. The Balaban J connectivity index is 2.22. The number of nitrogens with zero attached hydrogens (tertiary/aromatic N) is 1. The molecule has 0 aromatic heterocycles. The van der Waals surface area contributed by atoms with Gasteiger partial charge in [0.15, 0.2) is 0 Å². The molecule has 0 aliphatic carbocycles. The Kier molecular flexibility index (Phi) is 5.20. The Labute approximate surface area is 135 Å². The highest BCUT2D eigenvalue weighted by atomic mass is 16.5. The lowest BCUT2D eigenvalue weighted by molar-refractivity contribution is -0.140. The van der Waals surface area contributed by atoms with Crippen LogP contribution in [0.4, 0.5) is 16.2 Å². The van der Waals surface area contributed by atoms with E-state index in [1.807, 2.05) is 19.9 Å². The molecule has 0 unspecified atom stereocenters. The van der Waals surface area contributed by atoms with Gasteiger partial charge in [-0.1, -0.05) is 26.0 Å². The van der Waals surface area contributed by atoms with Crippen LogP contribution in [0.15, 0.2) is 24.3 Å². The molecule has 2 rings (SSSR count). The van der Waals surface area contributed by atoms with Crippen LogP contribution in [0, 0.1) is 5.92 Å². The van der Waals surface area contributed by atoms with Crippen molar-refractivity contribution in [2.24, 2.45) is 5.92 Å². The number of esters is 1. The van der Waals surface area contributed by atoms with Gasteiger partial charge >= 0.3 is 12.0 Å². The van der Waals surface area contributed by atoms with Crippen LogP contribution in [-0.2, 0) is 14.3 Å². The van der Waals surface area contributed by atoms with Gasteiger partial charge < -0.3 is 15.4 Å². The monoisotopic (exact) mass is 319 g/mol. The molecule has 1 aromatic rings. The lowest BCUT2D eigenvalue weighted by atomic mass is 9.98. The van der Waals surface area contributed by atoms with E-state index in [1.165, 1.54) is 12.0 Å². The molecule has 3 amide bonds. The summed E-state index contributed by atoms with van der Waals surface area (Å²) in [6, 6.07) is 6.12. The van der Waals surface area contributed by atoms with E-state index in [9.17, 15) is 14.4 Å². The highest BCUT2D eigenvalue weighted by Crippen LogP contribution is 2.33. The Morgan fingerprint density at radius 2 is 2.04 bits per heavy atom. The second kappa shape index (κ2) is 7.13. The first kappa shape index (κ1) is 16.8. The molecule has 2 N–H and O–H groups in total. The van der Waals surface area contributed by atoms with E-state index < -0.39 is 18.0 Å². The maximum absolute atomic E-state index is 12.6. The number of carbonyl (C=O) groups is 3. The standard InChI is InChI=1S/C16H21N3O4/c1-10(2)14-15(21)18-11-6-4-5-7-12(11)19(14)16(22)17-9-8-13(20)23-3/h4-7,10,14H,8-9H2,1-3H3,(H,17,22)(H,18,21)/t14-/m1/s1. The summed E-state index contributed by atoms with van der Waals surface area (Å²) < 4.78 is 4.54. The van der Waals surface area contributed by atoms with Gasteiger partial charge in [0, 0.05) is 6.54 Å². The fourth-order valence-corrected chi connectivity index (χ4v) is 2.56. The number of hydrogen-bond acceptors (Lipinski definition) is 4. The minimum atomic E-state index is -0.608. The van der Waals surface area contributed by atoms with Crippen molar-refractivity contribution in [1.29, 1.82) is 0 Å². The Bertz CT molecular complexity index is 615. The predicted octanol–water partition coefficient (Wildman–Crippen LogP) is 1.74. The second-order valence-corrected chi connectivity index (χ2v) is 5.62. The zero-order chi connectivity index (χ0) is 17.0. The minimum absolute atomic E-state index is 0.0605. The lowest BCUT2D eigenvalue weighted by Gasteiger charge is -2.38. The zero-order valence-electron chi connectivity index (χ0n) is 13.5. The number of nitrogens with one attached hydrogen (secondary N) is 2. The van der Waals surface area contributed by atoms with Crippen molar-refractivity contribution < 1.29 is 19.1 Å². The fourth-order valence-electron chi connectivity index (χ4n) is 2.56. The predicted molar refractivity (Wildman–Crippen MR) is 86.2 cm³/mol. The van der Waals surface area contributed by atoms with Crippen molar-refractivity contribution in [2.75, 3.05) is 23.9 Å². The molecule has 124 valence electrons. The molecule has 23 heavy (non-hydrogen) atoms. The van der Waals surface area contributed by atoms with Crippen LogP contribution in [0.2, 0.25) is 0 Å². The van der Waals surface area contributed by atoms with Gasteiger partial charge in [0.25, 0.3) is 0 Å². The summed E-state index contributed by atoms with van der Waals surface area (Å²) in [5, 5.41) is 5.49. The van der Waals surface area contributed by atoms with Crippen molar-refractivity contribution in [2.45, 2.75) is 26.3 Å². The average molecular weight is 319 g/mol. The molecular weight excluding hydrogens is 298 g/mol. The minimum Gasteiger partial charge on any atom is -0.469 e. The van der Waals surface area contributed by atoms with Gasteiger partial charge in [-0.25, -0.2) is 4.79 Å². The first-order chi connectivity index (χ1) is 11.0. The summed E-state index contributed by atoms with van der Waals surface area (Å²) in [5.74, 6) is -0.681. The number of fused-ring (bicyclic) bond motifs is 1. The van der Waals surface area contributed by atoms with Crippen molar-refractivity contribution in [1.82, 2.24) is 5.32 Å². The summed E-state index contributed by atoms with van der Waals surface area (Å²) >= 11 is 0. The van der Waals surface area contributed by atoms with E-state index in [0.717, 1.165) is 0 Å². The molecule has 1 atom stereocenters. The van der Waals surface area contributed by atoms with E-state index in [4.69, 9.17) is 0 Å². The molecule has 1 heterocycles. The first-order valence-electron chi connectivity index (χ1n) is 7.49. The van der Waals surface area contributed by atoms with E-state index in [-0.39, 0.29) is 24.8 Å².